The molecule has 23 heavy (non-hydrogen) atoms. The molecule has 0 spiro atoms. The van der Waals surface area contributed by atoms with Crippen molar-refractivity contribution in [2.45, 2.75) is 38.7 Å². The first-order valence-electron chi connectivity index (χ1n) is 8.39. The Balaban J connectivity index is 1.59. The number of likely N-dealkylation sites (tertiary alicyclic amines) is 1. The van der Waals surface area contributed by atoms with Gasteiger partial charge in [0, 0.05) is 31.6 Å². The number of hydrogen-bond acceptors (Lipinski definition) is 3. The molecule has 122 valence electrons. The molecule has 4 heteroatoms. The number of piperidine rings is 1. The van der Waals surface area contributed by atoms with Crippen molar-refractivity contribution in [2.24, 2.45) is 5.92 Å². The van der Waals surface area contributed by atoms with E-state index in [0.29, 0.717) is 12.3 Å². The fourth-order valence-corrected chi connectivity index (χ4v) is 3.54. The minimum Gasteiger partial charge on any atom is -0.393 e. The van der Waals surface area contributed by atoms with Crippen molar-refractivity contribution in [3.05, 3.63) is 42.1 Å². The standard InChI is InChI=1S/C19H24N2O2/c1-14(22)21-10-7-15(8-11-21)12-17(23)13-16-6-9-20-19-5-3-2-4-18(16)19/h2-6,9,15,17,23H,7-8,10-13H2,1H3. The Bertz CT molecular complexity index is 673. The molecule has 1 amide bonds. The molecule has 0 aliphatic carbocycles. The van der Waals surface area contributed by atoms with Crippen LogP contribution in [0.3, 0.4) is 0 Å². The van der Waals surface area contributed by atoms with E-state index in [1.165, 1.54) is 0 Å². The van der Waals surface area contributed by atoms with Crippen LogP contribution in [0.15, 0.2) is 36.5 Å². The maximum absolute atomic E-state index is 11.4. The van der Waals surface area contributed by atoms with E-state index in [4.69, 9.17) is 0 Å². The summed E-state index contributed by atoms with van der Waals surface area (Å²) in [7, 11) is 0. The molecule has 4 nitrogen and oxygen atoms in total. The fourth-order valence-electron chi connectivity index (χ4n) is 3.54. The largest absolute Gasteiger partial charge is 0.393 e. The summed E-state index contributed by atoms with van der Waals surface area (Å²) in [5, 5.41) is 11.6. The third kappa shape index (κ3) is 3.88. The quantitative estimate of drug-likeness (QED) is 0.944. The number of pyridine rings is 1. The van der Waals surface area contributed by atoms with Crippen molar-refractivity contribution in [3.8, 4) is 0 Å². The summed E-state index contributed by atoms with van der Waals surface area (Å²) < 4.78 is 0. The number of aliphatic hydroxyl groups is 1. The van der Waals surface area contributed by atoms with Crippen molar-refractivity contribution in [1.82, 2.24) is 9.88 Å². The summed E-state index contributed by atoms with van der Waals surface area (Å²) in [6.07, 6.45) is 4.94. The van der Waals surface area contributed by atoms with Gasteiger partial charge in [-0.25, -0.2) is 0 Å². The van der Waals surface area contributed by atoms with Crippen LogP contribution in [0.5, 0.6) is 0 Å². The van der Waals surface area contributed by atoms with E-state index in [1.807, 2.05) is 35.4 Å². The van der Waals surface area contributed by atoms with Gasteiger partial charge in [0.05, 0.1) is 11.6 Å². The number of hydrogen-bond donors (Lipinski definition) is 1. The zero-order valence-electron chi connectivity index (χ0n) is 13.6. The van der Waals surface area contributed by atoms with Crippen LogP contribution in [-0.2, 0) is 11.2 Å². The molecular weight excluding hydrogens is 288 g/mol. The molecule has 0 bridgehead atoms. The van der Waals surface area contributed by atoms with E-state index in [2.05, 4.69) is 11.1 Å². The summed E-state index contributed by atoms with van der Waals surface area (Å²) in [5.74, 6) is 0.668. The van der Waals surface area contributed by atoms with Gasteiger partial charge in [-0.3, -0.25) is 9.78 Å². The van der Waals surface area contributed by atoms with E-state index >= 15 is 0 Å². The van der Waals surface area contributed by atoms with Gasteiger partial charge in [-0.05, 0) is 49.3 Å². The number of fused-ring (bicyclic) bond motifs is 1. The van der Waals surface area contributed by atoms with Crippen molar-refractivity contribution in [3.63, 3.8) is 0 Å². The number of aromatic nitrogens is 1. The van der Waals surface area contributed by atoms with Crippen LogP contribution in [0.25, 0.3) is 10.9 Å². The number of amides is 1. The maximum atomic E-state index is 11.4. The molecule has 1 saturated heterocycles. The van der Waals surface area contributed by atoms with Crippen LogP contribution in [-0.4, -0.2) is 40.1 Å². The van der Waals surface area contributed by atoms with E-state index in [0.717, 1.165) is 48.8 Å². The average Bonchev–Trinajstić information content (AvgIpc) is 2.55. The summed E-state index contributed by atoms with van der Waals surface area (Å²) in [6.45, 7) is 3.28. The molecule has 1 aromatic heterocycles. The van der Waals surface area contributed by atoms with Crippen LogP contribution >= 0.6 is 0 Å². The van der Waals surface area contributed by atoms with Gasteiger partial charge in [-0.15, -0.1) is 0 Å². The highest BCUT2D eigenvalue weighted by atomic mass is 16.3. The Kier molecular flexibility index (Phi) is 4.91. The van der Waals surface area contributed by atoms with E-state index < -0.39 is 0 Å². The Hall–Kier alpha value is -1.94. The van der Waals surface area contributed by atoms with E-state index in [1.54, 1.807) is 6.92 Å². The molecule has 2 aromatic rings. The van der Waals surface area contributed by atoms with Gasteiger partial charge < -0.3 is 10.0 Å². The van der Waals surface area contributed by atoms with Crippen LogP contribution < -0.4 is 0 Å². The minimum absolute atomic E-state index is 0.159. The Labute approximate surface area is 137 Å². The summed E-state index contributed by atoms with van der Waals surface area (Å²) in [6, 6.07) is 10.1. The average molecular weight is 312 g/mol. The summed E-state index contributed by atoms with van der Waals surface area (Å²) in [5.41, 5.74) is 2.14. The van der Waals surface area contributed by atoms with Gasteiger partial charge in [0.15, 0.2) is 0 Å². The van der Waals surface area contributed by atoms with Crippen molar-refractivity contribution in [1.29, 1.82) is 0 Å². The van der Waals surface area contributed by atoms with Crippen molar-refractivity contribution < 1.29 is 9.90 Å². The SMILES string of the molecule is CC(=O)N1CCC(CC(O)Cc2ccnc3ccccc23)CC1. The molecule has 1 aliphatic heterocycles. The summed E-state index contributed by atoms with van der Waals surface area (Å²) in [4.78, 5) is 17.6. The normalized spacial score (nSPS) is 17.4. The Morgan fingerprint density at radius 2 is 2.04 bits per heavy atom. The Morgan fingerprint density at radius 1 is 1.30 bits per heavy atom. The van der Waals surface area contributed by atoms with Gasteiger partial charge in [0.2, 0.25) is 5.91 Å². The molecule has 1 atom stereocenters. The van der Waals surface area contributed by atoms with Crippen molar-refractivity contribution in [2.75, 3.05) is 13.1 Å². The first-order chi connectivity index (χ1) is 11.1. The van der Waals surface area contributed by atoms with Gasteiger partial charge in [-0.2, -0.15) is 0 Å². The highest BCUT2D eigenvalue weighted by Gasteiger charge is 2.23. The number of carbonyl (C=O) groups is 1. The van der Waals surface area contributed by atoms with Gasteiger partial charge >= 0.3 is 0 Å². The molecule has 1 unspecified atom stereocenters. The predicted octanol–water partition coefficient (Wildman–Crippen LogP) is 2.79. The highest BCUT2D eigenvalue weighted by molar-refractivity contribution is 5.81. The zero-order chi connectivity index (χ0) is 16.2. The van der Waals surface area contributed by atoms with Gasteiger partial charge in [0.1, 0.15) is 0 Å². The third-order valence-electron chi connectivity index (χ3n) is 4.86. The lowest BCUT2D eigenvalue weighted by atomic mass is 9.89. The minimum atomic E-state index is -0.338. The number of rotatable bonds is 4. The number of aliphatic hydroxyl groups excluding tert-OH is 1. The maximum Gasteiger partial charge on any atom is 0.219 e. The first kappa shape index (κ1) is 15.9. The third-order valence-corrected chi connectivity index (χ3v) is 4.86. The highest BCUT2D eigenvalue weighted by Crippen LogP contribution is 2.25. The van der Waals surface area contributed by atoms with Crippen LogP contribution in [0.2, 0.25) is 0 Å². The molecule has 3 rings (SSSR count). The first-order valence-corrected chi connectivity index (χ1v) is 8.39. The smallest absolute Gasteiger partial charge is 0.219 e. The number of benzene rings is 1. The van der Waals surface area contributed by atoms with Crippen LogP contribution in [0.1, 0.15) is 31.7 Å². The molecule has 0 saturated carbocycles. The molecule has 2 heterocycles. The molecule has 1 aliphatic rings. The Morgan fingerprint density at radius 3 is 2.78 bits per heavy atom. The predicted molar refractivity (Wildman–Crippen MR) is 91.0 cm³/mol. The number of carbonyl (C=O) groups excluding carboxylic acids is 1. The monoisotopic (exact) mass is 312 g/mol. The summed E-state index contributed by atoms with van der Waals surface area (Å²) >= 11 is 0. The van der Waals surface area contributed by atoms with E-state index in [9.17, 15) is 9.90 Å². The topological polar surface area (TPSA) is 53.4 Å². The molecule has 1 fully saturated rings. The van der Waals surface area contributed by atoms with Gasteiger partial charge in [0.25, 0.3) is 0 Å². The lowest BCUT2D eigenvalue weighted by Gasteiger charge is -2.32. The van der Waals surface area contributed by atoms with Crippen LogP contribution in [0.4, 0.5) is 0 Å². The van der Waals surface area contributed by atoms with E-state index in [-0.39, 0.29) is 12.0 Å². The molecule has 0 radical (unpaired) electrons. The number of para-hydroxylation sites is 1. The lowest BCUT2D eigenvalue weighted by Crippen LogP contribution is -2.37. The second kappa shape index (κ2) is 7.09. The lowest BCUT2D eigenvalue weighted by molar-refractivity contribution is -0.130. The van der Waals surface area contributed by atoms with Crippen molar-refractivity contribution >= 4 is 16.8 Å². The molecular formula is C19H24N2O2. The second-order valence-corrected chi connectivity index (χ2v) is 6.53. The van der Waals surface area contributed by atoms with Crippen LogP contribution in [0, 0.1) is 5.92 Å². The zero-order valence-corrected chi connectivity index (χ0v) is 13.6. The molecule has 1 aromatic carbocycles. The molecule has 1 N–H and O–H groups in total. The number of nitrogens with zero attached hydrogens (tertiary/aromatic N) is 2. The van der Waals surface area contributed by atoms with Gasteiger partial charge in [-0.1, -0.05) is 18.2 Å². The second-order valence-electron chi connectivity index (χ2n) is 6.53. The fraction of sp³-hybridized carbons (Fsp3) is 0.474.